The van der Waals surface area contributed by atoms with Crippen LogP contribution < -0.4 is 5.32 Å². The highest BCUT2D eigenvalue weighted by atomic mass is 28.3. The molecule has 0 saturated heterocycles. The van der Waals surface area contributed by atoms with Gasteiger partial charge in [0.25, 0.3) is 0 Å². The maximum atomic E-state index is 3.51. The summed E-state index contributed by atoms with van der Waals surface area (Å²) in [6.45, 7) is 13.9. The average molecular weight is 249 g/mol. The van der Waals surface area contributed by atoms with Crippen molar-refractivity contribution in [2.24, 2.45) is 0 Å². The third-order valence-electron chi connectivity index (χ3n) is 3.01. The molecule has 2 heteroatoms. The highest BCUT2D eigenvalue weighted by molar-refractivity contribution is 6.76. The van der Waals surface area contributed by atoms with Crippen molar-refractivity contribution in [3.8, 4) is 0 Å². The predicted molar refractivity (Wildman–Crippen MR) is 80.6 cm³/mol. The van der Waals surface area contributed by atoms with E-state index in [1.807, 2.05) is 0 Å². The Balaban J connectivity index is 2.81. The van der Waals surface area contributed by atoms with E-state index in [2.05, 4.69) is 63.1 Å². The highest BCUT2D eigenvalue weighted by Crippen LogP contribution is 2.26. The number of hydrogen-bond acceptors (Lipinski definition) is 1. The van der Waals surface area contributed by atoms with Crippen molar-refractivity contribution in [1.82, 2.24) is 5.32 Å². The Morgan fingerprint density at radius 2 is 1.94 bits per heavy atom. The molecule has 0 fully saturated rings. The summed E-state index contributed by atoms with van der Waals surface area (Å²) < 4.78 is 0. The van der Waals surface area contributed by atoms with Gasteiger partial charge in [0.2, 0.25) is 0 Å². The lowest BCUT2D eigenvalue weighted by atomic mass is 9.99. The van der Waals surface area contributed by atoms with E-state index < -0.39 is 8.07 Å². The second-order valence-electron chi connectivity index (χ2n) is 6.18. The lowest BCUT2D eigenvalue weighted by Gasteiger charge is -2.25. The number of likely N-dealkylation sites (N-methyl/N-ethyl adjacent to an activating group) is 1. The molecule has 0 spiro atoms. The fraction of sp³-hybridized carbons (Fsp3) is 0.600. The van der Waals surface area contributed by atoms with Crippen molar-refractivity contribution in [3.63, 3.8) is 0 Å². The summed E-state index contributed by atoms with van der Waals surface area (Å²) in [6, 6.07) is 10.4. The van der Waals surface area contributed by atoms with Gasteiger partial charge in [-0.3, -0.25) is 0 Å². The van der Waals surface area contributed by atoms with Crippen LogP contribution in [0, 0.1) is 6.92 Å². The SMILES string of the molecule is CCNCC(C[Si](C)(C)C)c1cccc(C)c1. The normalized spacial score (nSPS) is 13.7. The Bertz CT molecular complexity index is 341. The highest BCUT2D eigenvalue weighted by Gasteiger charge is 2.21. The smallest absolute Gasteiger partial charge is 0.0449 e. The molecule has 96 valence electrons. The van der Waals surface area contributed by atoms with Crippen molar-refractivity contribution >= 4 is 8.07 Å². The van der Waals surface area contributed by atoms with Crippen molar-refractivity contribution in [2.45, 2.75) is 45.5 Å². The van der Waals surface area contributed by atoms with Crippen LogP contribution in [0.15, 0.2) is 24.3 Å². The van der Waals surface area contributed by atoms with Crippen LogP contribution >= 0.6 is 0 Å². The zero-order valence-electron chi connectivity index (χ0n) is 12.0. The molecule has 1 nitrogen and oxygen atoms in total. The van der Waals surface area contributed by atoms with Gasteiger partial charge in [0, 0.05) is 14.6 Å². The molecule has 1 aromatic rings. The van der Waals surface area contributed by atoms with Crippen LogP contribution in [0.1, 0.15) is 24.0 Å². The van der Waals surface area contributed by atoms with Crippen molar-refractivity contribution in [3.05, 3.63) is 35.4 Å². The molecule has 0 aliphatic rings. The molecule has 1 aromatic carbocycles. The monoisotopic (exact) mass is 249 g/mol. The van der Waals surface area contributed by atoms with E-state index >= 15 is 0 Å². The zero-order valence-corrected chi connectivity index (χ0v) is 13.0. The van der Waals surface area contributed by atoms with Crippen LogP contribution in [0.2, 0.25) is 25.7 Å². The Kier molecular flexibility index (Phi) is 5.41. The molecule has 0 aliphatic carbocycles. The first-order chi connectivity index (χ1) is 7.92. The van der Waals surface area contributed by atoms with Crippen molar-refractivity contribution in [1.29, 1.82) is 0 Å². The number of aryl methyl sites for hydroxylation is 1. The van der Waals surface area contributed by atoms with E-state index in [9.17, 15) is 0 Å². The van der Waals surface area contributed by atoms with Crippen LogP contribution in [-0.4, -0.2) is 21.2 Å². The van der Waals surface area contributed by atoms with Crippen LogP contribution in [0.3, 0.4) is 0 Å². The van der Waals surface area contributed by atoms with E-state index in [-0.39, 0.29) is 0 Å². The Morgan fingerprint density at radius 3 is 2.47 bits per heavy atom. The first-order valence-corrected chi connectivity index (χ1v) is 10.4. The van der Waals surface area contributed by atoms with Crippen molar-refractivity contribution < 1.29 is 0 Å². The molecule has 0 aliphatic heterocycles. The fourth-order valence-corrected chi connectivity index (χ4v) is 4.15. The Labute approximate surface area is 108 Å². The number of benzene rings is 1. The molecule has 0 amide bonds. The molecule has 0 radical (unpaired) electrons. The van der Waals surface area contributed by atoms with Gasteiger partial charge in [0.1, 0.15) is 0 Å². The Hall–Kier alpha value is -0.603. The molecular formula is C15H27NSi. The molecule has 17 heavy (non-hydrogen) atoms. The van der Waals surface area contributed by atoms with Crippen LogP contribution in [0.4, 0.5) is 0 Å². The lowest BCUT2D eigenvalue weighted by Crippen LogP contribution is -2.29. The largest absolute Gasteiger partial charge is 0.316 e. The third kappa shape index (κ3) is 5.51. The molecule has 1 rings (SSSR count). The summed E-state index contributed by atoms with van der Waals surface area (Å²) in [6.07, 6.45) is 0. The zero-order chi connectivity index (χ0) is 12.9. The second-order valence-corrected chi connectivity index (χ2v) is 11.7. The molecule has 1 atom stereocenters. The molecule has 0 bridgehead atoms. The summed E-state index contributed by atoms with van der Waals surface area (Å²) in [4.78, 5) is 0. The first kappa shape index (κ1) is 14.5. The molecule has 1 N–H and O–H groups in total. The van der Waals surface area contributed by atoms with Gasteiger partial charge >= 0.3 is 0 Å². The van der Waals surface area contributed by atoms with Crippen LogP contribution in [0.25, 0.3) is 0 Å². The standard InChI is InChI=1S/C15H27NSi/c1-6-16-11-15(12-17(3,4)5)14-9-7-8-13(2)10-14/h7-10,15-16H,6,11-12H2,1-5H3. The molecule has 0 aromatic heterocycles. The molecule has 0 heterocycles. The van der Waals surface area contributed by atoms with Crippen LogP contribution in [0.5, 0.6) is 0 Å². The average Bonchev–Trinajstić information content (AvgIpc) is 2.22. The Morgan fingerprint density at radius 1 is 1.24 bits per heavy atom. The fourth-order valence-electron chi connectivity index (χ4n) is 2.29. The van der Waals surface area contributed by atoms with Gasteiger partial charge in [-0.05, 0) is 31.0 Å². The van der Waals surface area contributed by atoms with Gasteiger partial charge in [-0.15, -0.1) is 0 Å². The summed E-state index contributed by atoms with van der Waals surface area (Å²) in [5.41, 5.74) is 2.88. The minimum Gasteiger partial charge on any atom is -0.316 e. The van der Waals surface area contributed by atoms with Gasteiger partial charge in [-0.25, -0.2) is 0 Å². The van der Waals surface area contributed by atoms with Gasteiger partial charge in [0.05, 0.1) is 0 Å². The second kappa shape index (κ2) is 6.36. The molecule has 1 unspecified atom stereocenters. The topological polar surface area (TPSA) is 12.0 Å². The minimum atomic E-state index is -1.01. The predicted octanol–water partition coefficient (Wildman–Crippen LogP) is 4.03. The van der Waals surface area contributed by atoms with E-state index in [0.717, 1.165) is 13.1 Å². The summed E-state index contributed by atoms with van der Waals surface area (Å²) >= 11 is 0. The van der Waals surface area contributed by atoms with Crippen LogP contribution in [-0.2, 0) is 0 Å². The van der Waals surface area contributed by atoms with E-state index in [1.165, 1.54) is 17.2 Å². The van der Waals surface area contributed by atoms with Gasteiger partial charge in [0.15, 0.2) is 0 Å². The van der Waals surface area contributed by atoms with E-state index in [0.29, 0.717) is 5.92 Å². The molecule has 0 saturated carbocycles. The lowest BCUT2D eigenvalue weighted by molar-refractivity contribution is 0.629. The molecular weight excluding hydrogens is 222 g/mol. The number of hydrogen-bond donors (Lipinski definition) is 1. The van der Waals surface area contributed by atoms with Gasteiger partial charge in [-0.2, -0.15) is 0 Å². The van der Waals surface area contributed by atoms with Gasteiger partial charge < -0.3 is 5.32 Å². The van der Waals surface area contributed by atoms with Crippen molar-refractivity contribution in [2.75, 3.05) is 13.1 Å². The van der Waals surface area contributed by atoms with Gasteiger partial charge in [-0.1, -0.05) is 56.4 Å². The first-order valence-electron chi connectivity index (χ1n) is 6.69. The number of rotatable bonds is 6. The number of nitrogens with one attached hydrogen (secondary N) is 1. The summed E-state index contributed by atoms with van der Waals surface area (Å²) in [5, 5.41) is 3.51. The summed E-state index contributed by atoms with van der Waals surface area (Å²) in [7, 11) is -1.01. The summed E-state index contributed by atoms with van der Waals surface area (Å²) in [5.74, 6) is 0.682. The third-order valence-corrected chi connectivity index (χ3v) is 4.73. The maximum Gasteiger partial charge on any atom is 0.0449 e. The van der Waals surface area contributed by atoms with E-state index in [1.54, 1.807) is 0 Å². The van der Waals surface area contributed by atoms with E-state index in [4.69, 9.17) is 0 Å². The quantitative estimate of drug-likeness (QED) is 0.751. The maximum absolute atomic E-state index is 3.51. The minimum absolute atomic E-state index is 0.682.